The molecule has 2 aromatic rings. The molecular formula is C22H30O2S. The first kappa shape index (κ1) is 19.7. The number of rotatable bonds is 4. The first-order valence-electron chi connectivity index (χ1n) is 8.60. The molecule has 0 aromatic heterocycles. The van der Waals surface area contributed by atoms with Gasteiger partial charge in [-0.25, -0.2) is 0 Å². The summed E-state index contributed by atoms with van der Waals surface area (Å²) in [5, 5.41) is 0. The number of hydrogen-bond donors (Lipinski definition) is 0. The summed E-state index contributed by atoms with van der Waals surface area (Å²) in [6.07, 6.45) is 0. The second-order valence-corrected chi connectivity index (χ2v) is 9.54. The van der Waals surface area contributed by atoms with Gasteiger partial charge < -0.3 is 9.47 Å². The van der Waals surface area contributed by atoms with Crippen LogP contribution in [-0.4, -0.2) is 14.2 Å². The SMILES string of the molecule is COc1cc(Sc2cc(OC)cc(C(C)(C)C)c2)cc(C(C)(C)C)c1. The summed E-state index contributed by atoms with van der Waals surface area (Å²) < 4.78 is 11.0. The Balaban J connectivity index is 2.45. The third kappa shape index (κ3) is 5.18. The van der Waals surface area contributed by atoms with Crippen molar-refractivity contribution in [2.75, 3.05) is 14.2 Å². The van der Waals surface area contributed by atoms with E-state index in [0.717, 1.165) is 11.5 Å². The van der Waals surface area contributed by atoms with Gasteiger partial charge in [0.05, 0.1) is 14.2 Å². The third-order valence-electron chi connectivity index (χ3n) is 4.20. The van der Waals surface area contributed by atoms with E-state index >= 15 is 0 Å². The zero-order chi connectivity index (χ0) is 18.8. The normalized spacial score (nSPS) is 12.2. The molecule has 0 aliphatic heterocycles. The molecule has 0 heterocycles. The van der Waals surface area contributed by atoms with E-state index in [0.29, 0.717) is 0 Å². The molecule has 0 amide bonds. The summed E-state index contributed by atoms with van der Waals surface area (Å²) in [5.41, 5.74) is 2.70. The van der Waals surface area contributed by atoms with Crippen molar-refractivity contribution in [1.29, 1.82) is 0 Å². The Hall–Kier alpha value is -1.61. The molecule has 0 unspecified atom stereocenters. The van der Waals surface area contributed by atoms with Crippen LogP contribution in [0.15, 0.2) is 46.2 Å². The van der Waals surface area contributed by atoms with E-state index in [9.17, 15) is 0 Å². The van der Waals surface area contributed by atoms with Gasteiger partial charge in [-0.3, -0.25) is 0 Å². The highest BCUT2D eigenvalue weighted by atomic mass is 32.2. The van der Waals surface area contributed by atoms with E-state index in [2.05, 4.69) is 77.9 Å². The van der Waals surface area contributed by atoms with Crippen LogP contribution >= 0.6 is 11.8 Å². The smallest absolute Gasteiger partial charge is 0.120 e. The van der Waals surface area contributed by atoms with E-state index < -0.39 is 0 Å². The van der Waals surface area contributed by atoms with Crippen LogP contribution in [0.4, 0.5) is 0 Å². The van der Waals surface area contributed by atoms with E-state index in [1.165, 1.54) is 20.9 Å². The van der Waals surface area contributed by atoms with Crippen LogP contribution in [0.25, 0.3) is 0 Å². The molecule has 2 nitrogen and oxygen atoms in total. The molecule has 2 aromatic carbocycles. The van der Waals surface area contributed by atoms with Crippen LogP contribution < -0.4 is 9.47 Å². The summed E-state index contributed by atoms with van der Waals surface area (Å²) in [5.74, 6) is 1.79. The van der Waals surface area contributed by atoms with Crippen molar-refractivity contribution < 1.29 is 9.47 Å². The summed E-state index contributed by atoms with van der Waals surface area (Å²) in [7, 11) is 3.44. The average Bonchev–Trinajstić information content (AvgIpc) is 2.52. The number of methoxy groups -OCH3 is 2. The summed E-state index contributed by atoms with van der Waals surface area (Å²) in [6.45, 7) is 13.3. The van der Waals surface area contributed by atoms with Gasteiger partial charge in [-0.2, -0.15) is 0 Å². The van der Waals surface area contributed by atoms with Crippen LogP contribution in [0.1, 0.15) is 52.7 Å². The van der Waals surface area contributed by atoms with Gasteiger partial charge in [0.2, 0.25) is 0 Å². The van der Waals surface area contributed by atoms with E-state index in [4.69, 9.17) is 9.47 Å². The fourth-order valence-corrected chi connectivity index (χ4v) is 3.49. The molecule has 25 heavy (non-hydrogen) atoms. The van der Waals surface area contributed by atoms with Gasteiger partial charge in [0.25, 0.3) is 0 Å². The Morgan fingerprint density at radius 2 is 0.960 bits per heavy atom. The second-order valence-electron chi connectivity index (χ2n) is 8.40. The summed E-state index contributed by atoms with van der Waals surface area (Å²) >= 11 is 1.75. The topological polar surface area (TPSA) is 18.5 Å². The highest BCUT2D eigenvalue weighted by Gasteiger charge is 2.18. The molecule has 0 bridgehead atoms. The van der Waals surface area contributed by atoms with Crippen molar-refractivity contribution in [3.05, 3.63) is 47.5 Å². The second kappa shape index (κ2) is 7.33. The fourth-order valence-electron chi connectivity index (χ4n) is 2.50. The van der Waals surface area contributed by atoms with Gasteiger partial charge >= 0.3 is 0 Å². The van der Waals surface area contributed by atoms with Crippen molar-refractivity contribution in [2.24, 2.45) is 0 Å². The van der Waals surface area contributed by atoms with Crippen molar-refractivity contribution >= 4 is 11.8 Å². The lowest BCUT2D eigenvalue weighted by Crippen LogP contribution is -2.11. The molecule has 0 saturated heterocycles. The molecule has 0 spiro atoms. The van der Waals surface area contributed by atoms with Gasteiger partial charge in [0, 0.05) is 9.79 Å². The summed E-state index contributed by atoms with van der Waals surface area (Å²) in [6, 6.07) is 12.9. The molecular weight excluding hydrogens is 328 g/mol. The van der Waals surface area contributed by atoms with Crippen LogP contribution in [0.3, 0.4) is 0 Å². The third-order valence-corrected chi connectivity index (χ3v) is 5.14. The molecule has 3 heteroatoms. The van der Waals surface area contributed by atoms with Crippen LogP contribution in [0.2, 0.25) is 0 Å². The maximum Gasteiger partial charge on any atom is 0.120 e. The van der Waals surface area contributed by atoms with E-state index in [1.54, 1.807) is 26.0 Å². The first-order chi connectivity index (χ1) is 11.5. The van der Waals surface area contributed by atoms with Gasteiger partial charge in [-0.05, 0) is 58.4 Å². The van der Waals surface area contributed by atoms with Gasteiger partial charge in [-0.1, -0.05) is 53.3 Å². The van der Waals surface area contributed by atoms with Gasteiger partial charge in [-0.15, -0.1) is 0 Å². The molecule has 0 radical (unpaired) electrons. The zero-order valence-electron chi connectivity index (χ0n) is 16.7. The van der Waals surface area contributed by atoms with Crippen molar-refractivity contribution in [2.45, 2.75) is 62.2 Å². The van der Waals surface area contributed by atoms with Crippen LogP contribution in [0.5, 0.6) is 11.5 Å². The Morgan fingerprint density at radius 1 is 0.600 bits per heavy atom. The lowest BCUT2D eigenvalue weighted by molar-refractivity contribution is 0.411. The molecule has 0 fully saturated rings. The van der Waals surface area contributed by atoms with Crippen molar-refractivity contribution in [3.63, 3.8) is 0 Å². The Bertz CT molecular complexity index is 673. The Morgan fingerprint density at radius 3 is 1.24 bits per heavy atom. The van der Waals surface area contributed by atoms with E-state index in [1.807, 2.05) is 0 Å². The van der Waals surface area contributed by atoms with Crippen molar-refractivity contribution in [3.8, 4) is 11.5 Å². The highest BCUT2D eigenvalue weighted by molar-refractivity contribution is 7.99. The largest absolute Gasteiger partial charge is 0.497 e. The fraction of sp³-hybridized carbons (Fsp3) is 0.455. The molecule has 2 rings (SSSR count). The Labute approximate surface area is 156 Å². The maximum atomic E-state index is 5.51. The molecule has 0 saturated carbocycles. The predicted molar refractivity (Wildman–Crippen MR) is 108 cm³/mol. The number of benzene rings is 2. The lowest BCUT2D eigenvalue weighted by Gasteiger charge is -2.22. The highest BCUT2D eigenvalue weighted by Crippen LogP contribution is 2.38. The molecule has 0 N–H and O–H groups in total. The molecule has 0 aliphatic rings. The van der Waals surface area contributed by atoms with Crippen LogP contribution in [0, 0.1) is 0 Å². The van der Waals surface area contributed by atoms with Crippen molar-refractivity contribution in [1.82, 2.24) is 0 Å². The molecule has 136 valence electrons. The molecule has 0 atom stereocenters. The van der Waals surface area contributed by atoms with Gasteiger partial charge in [0.15, 0.2) is 0 Å². The predicted octanol–water partition coefficient (Wildman–Crippen LogP) is 6.45. The zero-order valence-corrected chi connectivity index (χ0v) is 17.5. The first-order valence-corrected chi connectivity index (χ1v) is 9.41. The quantitative estimate of drug-likeness (QED) is 0.625. The minimum absolute atomic E-state index is 0.0782. The standard InChI is InChI=1S/C22H30O2S/c1-21(2,3)15-9-17(23-7)13-19(11-15)25-20-12-16(22(4,5)6)10-18(14-20)24-8/h9-14H,1-8H3. The lowest BCUT2D eigenvalue weighted by atomic mass is 9.87. The van der Waals surface area contributed by atoms with E-state index in [-0.39, 0.29) is 10.8 Å². The average molecular weight is 359 g/mol. The Kier molecular flexibility index (Phi) is 5.78. The summed E-state index contributed by atoms with van der Waals surface area (Å²) in [4.78, 5) is 2.36. The number of hydrogen-bond acceptors (Lipinski definition) is 3. The minimum Gasteiger partial charge on any atom is -0.497 e. The van der Waals surface area contributed by atoms with Crippen LogP contribution in [-0.2, 0) is 10.8 Å². The minimum atomic E-state index is 0.0782. The van der Waals surface area contributed by atoms with Gasteiger partial charge in [0.1, 0.15) is 11.5 Å². The molecule has 0 aliphatic carbocycles. The maximum absolute atomic E-state index is 5.51. The monoisotopic (exact) mass is 358 g/mol. The number of ether oxygens (including phenoxy) is 2.